The lowest BCUT2D eigenvalue weighted by molar-refractivity contribution is -0.157. The zero-order chi connectivity index (χ0) is 25.0. The summed E-state index contributed by atoms with van der Waals surface area (Å²) in [5.41, 5.74) is 0.185. The van der Waals surface area contributed by atoms with E-state index < -0.39 is 16.8 Å². The van der Waals surface area contributed by atoms with Crippen molar-refractivity contribution in [3.05, 3.63) is 31.8 Å². The van der Waals surface area contributed by atoms with E-state index >= 15 is 0 Å². The molecule has 0 aromatic heterocycles. The highest BCUT2D eigenvalue weighted by Crippen LogP contribution is 2.59. The van der Waals surface area contributed by atoms with Gasteiger partial charge in [0, 0.05) is 24.4 Å². The van der Waals surface area contributed by atoms with Gasteiger partial charge in [-0.05, 0) is 55.6 Å². The van der Waals surface area contributed by atoms with Crippen LogP contribution >= 0.6 is 34.8 Å². The summed E-state index contributed by atoms with van der Waals surface area (Å²) >= 11 is 20.8. The Labute approximate surface area is 218 Å². The van der Waals surface area contributed by atoms with Gasteiger partial charge in [0.05, 0.1) is 26.0 Å². The summed E-state index contributed by atoms with van der Waals surface area (Å²) in [6, 6.07) is 0. The highest BCUT2D eigenvalue weighted by molar-refractivity contribution is 6.46. The molecule has 34 heavy (non-hydrogen) atoms. The Bertz CT molecular complexity index is 1000. The van der Waals surface area contributed by atoms with E-state index in [-0.39, 0.29) is 17.7 Å². The standard InChI is InChI=1S/C27H36Cl3NO3/c1-15(2)18-21(28)19-20(23(30)22(18)29)26(3)11-8-12-27(4,25(33)34)17(26)14-31(24(19)32)13-16-9-6-5-7-10-16/h15-17H,5-14H2,1-4H3,(H,33,34)/t17-,26+,27-/m1/s1. The zero-order valence-electron chi connectivity index (χ0n) is 20.6. The Morgan fingerprint density at radius 3 is 2.26 bits per heavy atom. The average Bonchev–Trinajstić information content (AvgIpc) is 2.87. The SMILES string of the molecule is CC(C)c1c(Cl)c(Cl)c2c(c1Cl)C(=O)N(CC1CCCCC1)C[C@H]1[C@](C)(C(=O)O)CCC[C@]21C. The third-order valence-corrected chi connectivity index (χ3v) is 10.3. The smallest absolute Gasteiger partial charge is 0.309 e. The number of carboxylic acid groups (broad SMARTS) is 1. The quantitative estimate of drug-likeness (QED) is 0.403. The summed E-state index contributed by atoms with van der Waals surface area (Å²) in [6.07, 6.45) is 7.85. The molecular weight excluding hydrogens is 493 g/mol. The maximum atomic E-state index is 14.2. The van der Waals surface area contributed by atoms with Gasteiger partial charge in [-0.15, -0.1) is 0 Å². The summed E-state index contributed by atoms with van der Waals surface area (Å²) in [4.78, 5) is 28.8. The number of aliphatic carboxylic acids is 1. The predicted octanol–water partition coefficient (Wildman–Crippen LogP) is 7.96. The molecule has 4 rings (SSSR count). The van der Waals surface area contributed by atoms with Gasteiger partial charge < -0.3 is 10.0 Å². The molecular formula is C27H36Cl3NO3. The van der Waals surface area contributed by atoms with Crippen molar-refractivity contribution in [2.75, 3.05) is 13.1 Å². The molecule has 1 aromatic carbocycles. The molecule has 0 bridgehead atoms. The number of carbonyl (C=O) groups excluding carboxylic acids is 1. The van der Waals surface area contributed by atoms with Crippen molar-refractivity contribution in [3.8, 4) is 0 Å². The van der Waals surface area contributed by atoms with E-state index in [1.165, 1.54) is 19.3 Å². The molecule has 0 unspecified atom stereocenters. The lowest BCUT2D eigenvalue weighted by Gasteiger charge is -2.51. The van der Waals surface area contributed by atoms with E-state index in [2.05, 4.69) is 6.92 Å². The van der Waals surface area contributed by atoms with Crippen molar-refractivity contribution >= 4 is 46.7 Å². The van der Waals surface area contributed by atoms with Crippen molar-refractivity contribution in [1.29, 1.82) is 0 Å². The van der Waals surface area contributed by atoms with Crippen LogP contribution < -0.4 is 0 Å². The summed E-state index contributed by atoms with van der Waals surface area (Å²) in [5.74, 6) is -0.825. The normalized spacial score (nSPS) is 30.2. The number of amides is 1. The van der Waals surface area contributed by atoms with E-state index in [1.807, 2.05) is 25.7 Å². The van der Waals surface area contributed by atoms with Gasteiger partial charge in [-0.1, -0.05) is 81.3 Å². The van der Waals surface area contributed by atoms with E-state index in [0.29, 0.717) is 57.2 Å². The monoisotopic (exact) mass is 527 g/mol. The van der Waals surface area contributed by atoms with Crippen LogP contribution in [-0.4, -0.2) is 35.0 Å². The Balaban J connectivity index is 1.97. The molecule has 0 saturated heterocycles. The van der Waals surface area contributed by atoms with Gasteiger partial charge in [0.1, 0.15) is 0 Å². The molecule has 2 saturated carbocycles. The second kappa shape index (κ2) is 9.48. The molecule has 1 aromatic rings. The van der Waals surface area contributed by atoms with Gasteiger partial charge in [0.15, 0.2) is 0 Å². The van der Waals surface area contributed by atoms with Crippen molar-refractivity contribution in [2.24, 2.45) is 17.3 Å². The van der Waals surface area contributed by atoms with Crippen molar-refractivity contribution in [1.82, 2.24) is 4.90 Å². The highest BCUT2D eigenvalue weighted by Gasteiger charge is 2.58. The number of benzene rings is 1. The number of nitrogens with zero attached hydrogens (tertiary/aromatic N) is 1. The second-order valence-corrected chi connectivity index (χ2v) is 12.7. The van der Waals surface area contributed by atoms with Crippen LogP contribution in [0.3, 0.4) is 0 Å². The lowest BCUT2D eigenvalue weighted by atomic mass is 9.53. The van der Waals surface area contributed by atoms with Crippen LogP contribution in [0.5, 0.6) is 0 Å². The van der Waals surface area contributed by atoms with Crippen LogP contribution in [0.2, 0.25) is 15.1 Å². The molecule has 0 radical (unpaired) electrons. The topological polar surface area (TPSA) is 57.6 Å². The third-order valence-electron chi connectivity index (χ3n) is 9.03. The average molecular weight is 529 g/mol. The van der Waals surface area contributed by atoms with Gasteiger partial charge in [0.2, 0.25) is 0 Å². The van der Waals surface area contributed by atoms with Gasteiger partial charge in [0.25, 0.3) is 5.91 Å². The lowest BCUT2D eigenvalue weighted by Crippen LogP contribution is -2.54. The fraction of sp³-hybridized carbons (Fsp3) is 0.704. The molecule has 2 aliphatic carbocycles. The summed E-state index contributed by atoms with van der Waals surface area (Å²) in [6.45, 7) is 8.92. The highest BCUT2D eigenvalue weighted by atomic mass is 35.5. The molecule has 3 atom stereocenters. The molecule has 7 heteroatoms. The summed E-state index contributed by atoms with van der Waals surface area (Å²) in [5, 5.41) is 11.5. The molecule has 1 amide bonds. The zero-order valence-corrected chi connectivity index (χ0v) is 22.9. The van der Waals surface area contributed by atoms with Gasteiger partial charge in [-0.2, -0.15) is 0 Å². The summed E-state index contributed by atoms with van der Waals surface area (Å²) < 4.78 is 0. The Morgan fingerprint density at radius 1 is 1.03 bits per heavy atom. The van der Waals surface area contributed by atoms with Crippen LogP contribution in [0.25, 0.3) is 0 Å². The first-order valence-electron chi connectivity index (χ1n) is 12.7. The molecule has 1 aliphatic heterocycles. The summed E-state index contributed by atoms with van der Waals surface area (Å²) in [7, 11) is 0. The van der Waals surface area contributed by atoms with Crippen molar-refractivity contribution < 1.29 is 14.7 Å². The number of rotatable bonds is 4. The molecule has 4 nitrogen and oxygen atoms in total. The number of hydrogen-bond acceptors (Lipinski definition) is 2. The minimum atomic E-state index is -0.974. The fourth-order valence-electron chi connectivity index (χ4n) is 7.06. The Morgan fingerprint density at radius 2 is 1.68 bits per heavy atom. The second-order valence-electron chi connectivity index (χ2n) is 11.5. The molecule has 1 N–H and O–H groups in total. The van der Waals surface area contributed by atoms with Crippen LogP contribution in [-0.2, 0) is 10.2 Å². The Hall–Kier alpha value is -0.970. The first-order valence-corrected chi connectivity index (χ1v) is 13.8. The van der Waals surface area contributed by atoms with E-state index in [4.69, 9.17) is 34.8 Å². The molecule has 3 aliphatic rings. The minimum Gasteiger partial charge on any atom is -0.481 e. The third kappa shape index (κ3) is 4.06. The predicted molar refractivity (Wildman–Crippen MR) is 138 cm³/mol. The number of hydrogen-bond donors (Lipinski definition) is 1. The van der Waals surface area contributed by atoms with Crippen LogP contribution in [0.1, 0.15) is 106 Å². The Kier molecular flexibility index (Phi) is 7.28. The maximum absolute atomic E-state index is 14.2. The first-order chi connectivity index (χ1) is 15.9. The van der Waals surface area contributed by atoms with Gasteiger partial charge in [-0.25, -0.2) is 0 Å². The van der Waals surface area contributed by atoms with Crippen molar-refractivity contribution in [2.45, 2.75) is 90.4 Å². The van der Waals surface area contributed by atoms with Gasteiger partial charge >= 0.3 is 5.97 Å². The van der Waals surface area contributed by atoms with Crippen molar-refractivity contribution in [3.63, 3.8) is 0 Å². The number of fused-ring (bicyclic) bond motifs is 3. The van der Waals surface area contributed by atoms with Crippen LogP contribution in [0.15, 0.2) is 0 Å². The van der Waals surface area contributed by atoms with Crippen LogP contribution in [0.4, 0.5) is 0 Å². The van der Waals surface area contributed by atoms with Crippen LogP contribution in [0, 0.1) is 17.3 Å². The molecule has 2 fully saturated rings. The first kappa shape index (κ1) is 26.1. The number of halogens is 3. The van der Waals surface area contributed by atoms with Gasteiger partial charge in [-0.3, -0.25) is 9.59 Å². The fourth-order valence-corrected chi connectivity index (χ4v) is 8.41. The van der Waals surface area contributed by atoms with E-state index in [1.54, 1.807) is 0 Å². The number of carboxylic acids is 1. The van der Waals surface area contributed by atoms with E-state index in [9.17, 15) is 14.7 Å². The molecule has 0 spiro atoms. The number of carbonyl (C=O) groups is 2. The molecule has 188 valence electrons. The molecule has 1 heterocycles. The maximum Gasteiger partial charge on any atom is 0.309 e. The minimum absolute atomic E-state index is 0.00936. The van der Waals surface area contributed by atoms with E-state index in [0.717, 1.165) is 25.7 Å². The largest absolute Gasteiger partial charge is 0.481 e.